The van der Waals surface area contributed by atoms with Crippen molar-refractivity contribution in [2.45, 2.75) is 18.9 Å². The van der Waals surface area contributed by atoms with E-state index in [0.717, 1.165) is 17.3 Å². The van der Waals surface area contributed by atoms with E-state index in [2.05, 4.69) is 31.7 Å². The minimum Gasteiger partial charge on any atom is -0.324 e. The third-order valence-electron chi connectivity index (χ3n) is 2.54. The van der Waals surface area contributed by atoms with Gasteiger partial charge in [-0.3, -0.25) is 4.98 Å². The van der Waals surface area contributed by atoms with Crippen LogP contribution in [-0.4, -0.2) is 4.98 Å². The molecule has 0 saturated heterocycles. The minimum absolute atomic E-state index is 0.105. The average molecular weight is 297 g/mol. The predicted molar refractivity (Wildman–Crippen MR) is 71.5 cm³/mol. The summed E-state index contributed by atoms with van der Waals surface area (Å²) in [6.45, 7) is 0. The van der Waals surface area contributed by atoms with Crippen LogP contribution in [0.5, 0.6) is 0 Å². The lowest BCUT2D eigenvalue weighted by Crippen LogP contribution is -2.10. The van der Waals surface area contributed by atoms with Crippen molar-refractivity contribution in [2.24, 2.45) is 5.73 Å². The fourth-order valence-electron chi connectivity index (χ4n) is 1.58. The van der Waals surface area contributed by atoms with Crippen molar-refractivity contribution >= 4 is 27.3 Å². The summed E-state index contributed by atoms with van der Waals surface area (Å²) in [5.74, 6) is 0. The zero-order valence-corrected chi connectivity index (χ0v) is 11.2. The van der Waals surface area contributed by atoms with Crippen molar-refractivity contribution in [3.8, 4) is 0 Å². The maximum Gasteiger partial charge on any atom is 0.0330 e. The number of hydrogen-bond donors (Lipinski definition) is 1. The quantitative estimate of drug-likeness (QED) is 0.937. The van der Waals surface area contributed by atoms with E-state index in [1.165, 1.54) is 11.1 Å². The summed E-state index contributed by atoms with van der Waals surface area (Å²) in [5, 5.41) is 4.18. The van der Waals surface area contributed by atoms with Crippen molar-refractivity contribution in [2.75, 3.05) is 0 Å². The highest BCUT2D eigenvalue weighted by molar-refractivity contribution is 9.10. The number of halogens is 1. The largest absolute Gasteiger partial charge is 0.324 e. The van der Waals surface area contributed by atoms with Gasteiger partial charge in [-0.2, -0.15) is 11.3 Å². The molecule has 0 bridgehead atoms. The Labute approximate surface area is 108 Å². The Kier molecular flexibility index (Phi) is 4.09. The summed E-state index contributed by atoms with van der Waals surface area (Å²) in [5.41, 5.74) is 8.65. The standard InChI is InChI=1S/C12H13BrN2S/c13-11-8-16-7-10(11)12(14)2-1-9-3-5-15-6-4-9/h3-8,12H,1-2,14H2. The fourth-order valence-corrected chi connectivity index (χ4v) is 3.24. The second kappa shape index (κ2) is 5.57. The molecular weight excluding hydrogens is 284 g/mol. The van der Waals surface area contributed by atoms with Crippen LogP contribution in [0, 0.1) is 0 Å². The summed E-state index contributed by atoms with van der Waals surface area (Å²) in [6.07, 6.45) is 5.59. The Bertz CT molecular complexity index is 441. The summed E-state index contributed by atoms with van der Waals surface area (Å²) in [6, 6.07) is 4.18. The van der Waals surface area contributed by atoms with Gasteiger partial charge in [-0.25, -0.2) is 0 Å². The van der Waals surface area contributed by atoms with Crippen LogP contribution in [0.15, 0.2) is 39.8 Å². The Hall–Kier alpha value is -0.710. The molecule has 1 atom stereocenters. The third kappa shape index (κ3) is 2.90. The summed E-state index contributed by atoms with van der Waals surface area (Å²) in [7, 11) is 0. The third-order valence-corrected chi connectivity index (χ3v) is 4.29. The molecule has 16 heavy (non-hydrogen) atoms. The van der Waals surface area contributed by atoms with Crippen LogP contribution >= 0.6 is 27.3 Å². The molecule has 2 nitrogen and oxygen atoms in total. The number of thiophene rings is 1. The normalized spacial score (nSPS) is 12.6. The average Bonchev–Trinajstić information content (AvgIpc) is 2.74. The van der Waals surface area contributed by atoms with Gasteiger partial charge in [0.25, 0.3) is 0 Å². The molecule has 0 spiro atoms. The van der Waals surface area contributed by atoms with Gasteiger partial charge in [0.15, 0.2) is 0 Å². The SMILES string of the molecule is NC(CCc1ccncc1)c1cscc1Br. The van der Waals surface area contributed by atoms with E-state index in [4.69, 9.17) is 5.73 Å². The first kappa shape index (κ1) is 11.8. The smallest absolute Gasteiger partial charge is 0.0330 e. The van der Waals surface area contributed by atoms with E-state index in [-0.39, 0.29) is 6.04 Å². The molecule has 0 aliphatic carbocycles. The van der Waals surface area contributed by atoms with Crippen LogP contribution in [-0.2, 0) is 6.42 Å². The van der Waals surface area contributed by atoms with Crippen molar-refractivity contribution in [3.05, 3.63) is 50.9 Å². The minimum atomic E-state index is 0.105. The van der Waals surface area contributed by atoms with Gasteiger partial charge >= 0.3 is 0 Å². The fraction of sp³-hybridized carbons (Fsp3) is 0.250. The Morgan fingerprint density at radius 1 is 1.31 bits per heavy atom. The highest BCUT2D eigenvalue weighted by atomic mass is 79.9. The van der Waals surface area contributed by atoms with Gasteiger partial charge in [-0.1, -0.05) is 0 Å². The zero-order valence-electron chi connectivity index (χ0n) is 8.77. The summed E-state index contributed by atoms with van der Waals surface area (Å²) < 4.78 is 1.12. The van der Waals surface area contributed by atoms with E-state index in [9.17, 15) is 0 Å². The van der Waals surface area contributed by atoms with Gasteiger partial charge in [-0.15, -0.1) is 0 Å². The van der Waals surface area contributed by atoms with E-state index in [0.29, 0.717) is 0 Å². The van der Waals surface area contributed by atoms with Crippen LogP contribution in [0.1, 0.15) is 23.6 Å². The molecule has 0 amide bonds. The van der Waals surface area contributed by atoms with E-state index in [1.54, 1.807) is 11.3 Å². The number of pyridine rings is 1. The van der Waals surface area contributed by atoms with Crippen molar-refractivity contribution in [1.82, 2.24) is 4.98 Å². The molecule has 0 aliphatic heterocycles. The first-order chi connectivity index (χ1) is 7.77. The van der Waals surface area contributed by atoms with E-state index in [1.807, 2.05) is 24.5 Å². The molecule has 4 heteroatoms. The molecule has 0 aromatic carbocycles. The number of nitrogens with two attached hydrogens (primary N) is 1. The molecule has 0 fully saturated rings. The van der Waals surface area contributed by atoms with Gasteiger partial charge in [0.1, 0.15) is 0 Å². The highest BCUT2D eigenvalue weighted by Gasteiger charge is 2.10. The molecule has 0 aliphatic rings. The van der Waals surface area contributed by atoms with Gasteiger partial charge in [0.2, 0.25) is 0 Å². The molecule has 0 saturated carbocycles. The monoisotopic (exact) mass is 296 g/mol. The van der Waals surface area contributed by atoms with Crippen molar-refractivity contribution in [1.29, 1.82) is 0 Å². The number of hydrogen-bond acceptors (Lipinski definition) is 3. The molecule has 2 aromatic heterocycles. The lowest BCUT2D eigenvalue weighted by Gasteiger charge is -2.10. The maximum atomic E-state index is 6.15. The number of aromatic nitrogens is 1. The first-order valence-electron chi connectivity index (χ1n) is 5.13. The second-order valence-corrected chi connectivity index (χ2v) is 5.27. The van der Waals surface area contributed by atoms with Crippen LogP contribution in [0.3, 0.4) is 0 Å². The lowest BCUT2D eigenvalue weighted by atomic mass is 10.0. The first-order valence-corrected chi connectivity index (χ1v) is 6.87. The molecule has 2 heterocycles. The Morgan fingerprint density at radius 3 is 2.69 bits per heavy atom. The molecule has 2 aromatic rings. The van der Waals surface area contributed by atoms with Gasteiger partial charge < -0.3 is 5.73 Å². The molecule has 2 N–H and O–H groups in total. The number of aryl methyl sites for hydroxylation is 1. The molecule has 84 valence electrons. The van der Waals surface area contributed by atoms with Gasteiger partial charge in [0, 0.05) is 28.3 Å². The topological polar surface area (TPSA) is 38.9 Å². The van der Waals surface area contributed by atoms with Crippen LogP contribution in [0.25, 0.3) is 0 Å². The van der Waals surface area contributed by atoms with E-state index >= 15 is 0 Å². The highest BCUT2D eigenvalue weighted by Crippen LogP contribution is 2.28. The predicted octanol–water partition coefficient (Wildman–Crippen LogP) is 3.54. The zero-order chi connectivity index (χ0) is 11.4. The maximum absolute atomic E-state index is 6.15. The lowest BCUT2D eigenvalue weighted by molar-refractivity contribution is 0.651. The summed E-state index contributed by atoms with van der Waals surface area (Å²) >= 11 is 5.19. The van der Waals surface area contributed by atoms with Crippen molar-refractivity contribution < 1.29 is 0 Å². The second-order valence-electron chi connectivity index (χ2n) is 3.68. The van der Waals surface area contributed by atoms with Crippen molar-refractivity contribution in [3.63, 3.8) is 0 Å². The van der Waals surface area contributed by atoms with Gasteiger partial charge in [0.05, 0.1) is 0 Å². The molecule has 0 radical (unpaired) electrons. The molecular formula is C12H13BrN2S. The Balaban J connectivity index is 1.94. The number of nitrogens with zero attached hydrogens (tertiary/aromatic N) is 1. The van der Waals surface area contributed by atoms with Gasteiger partial charge in [-0.05, 0) is 57.4 Å². The number of rotatable bonds is 4. The molecule has 2 rings (SSSR count). The molecule has 1 unspecified atom stereocenters. The van der Waals surface area contributed by atoms with E-state index < -0.39 is 0 Å². The van der Waals surface area contributed by atoms with Crippen LogP contribution in [0.2, 0.25) is 0 Å². The summed E-state index contributed by atoms with van der Waals surface area (Å²) in [4.78, 5) is 4.00. The Morgan fingerprint density at radius 2 is 2.06 bits per heavy atom. The van der Waals surface area contributed by atoms with Crippen LogP contribution < -0.4 is 5.73 Å². The van der Waals surface area contributed by atoms with Crippen LogP contribution in [0.4, 0.5) is 0 Å².